The van der Waals surface area contributed by atoms with Gasteiger partial charge in [-0.1, -0.05) is 6.07 Å². The van der Waals surface area contributed by atoms with E-state index in [9.17, 15) is 0 Å². The first-order valence-corrected chi connectivity index (χ1v) is 5.79. The van der Waals surface area contributed by atoms with E-state index in [1.807, 2.05) is 24.4 Å². The molecular weight excluding hydrogens is 200 g/mol. The molecule has 82 valence electrons. The van der Waals surface area contributed by atoms with Crippen molar-refractivity contribution >= 4 is 10.9 Å². The lowest BCUT2D eigenvalue weighted by atomic mass is 10.2. The van der Waals surface area contributed by atoms with Gasteiger partial charge in [0.15, 0.2) is 0 Å². The molecule has 1 fully saturated rings. The Morgan fingerprint density at radius 1 is 1.19 bits per heavy atom. The molecule has 1 aliphatic carbocycles. The first kappa shape index (κ1) is 9.58. The van der Waals surface area contributed by atoms with Gasteiger partial charge in [0.25, 0.3) is 0 Å². The van der Waals surface area contributed by atoms with Gasteiger partial charge in [0, 0.05) is 6.20 Å². The number of aromatic nitrogens is 2. The zero-order chi connectivity index (χ0) is 10.8. The van der Waals surface area contributed by atoms with Gasteiger partial charge < -0.3 is 4.74 Å². The zero-order valence-electron chi connectivity index (χ0n) is 9.10. The van der Waals surface area contributed by atoms with Crippen LogP contribution >= 0.6 is 0 Å². The van der Waals surface area contributed by atoms with Crippen LogP contribution in [0.3, 0.4) is 0 Å². The fourth-order valence-electron chi connectivity index (χ4n) is 2.27. The minimum atomic E-state index is 0.380. The maximum absolute atomic E-state index is 6.01. The second-order valence-electron chi connectivity index (χ2n) is 4.24. The Morgan fingerprint density at radius 2 is 2.06 bits per heavy atom. The Labute approximate surface area is 94.5 Å². The third kappa shape index (κ3) is 1.73. The van der Waals surface area contributed by atoms with E-state index >= 15 is 0 Å². The standard InChI is InChI=1S/C13H14N2O/c1-2-5-10(4-1)16-13-7-3-6-12-11(13)8-14-9-15-12/h3,6-10H,1-2,4-5H2. The molecule has 0 aliphatic heterocycles. The van der Waals surface area contributed by atoms with Gasteiger partial charge in [-0.15, -0.1) is 0 Å². The first-order valence-electron chi connectivity index (χ1n) is 5.79. The Balaban J connectivity index is 1.96. The first-order chi connectivity index (χ1) is 7.93. The normalized spacial score (nSPS) is 16.8. The van der Waals surface area contributed by atoms with Crippen molar-refractivity contribution < 1.29 is 4.74 Å². The Bertz CT molecular complexity index is 487. The molecule has 3 nitrogen and oxygen atoms in total. The van der Waals surface area contributed by atoms with Gasteiger partial charge in [-0.3, -0.25) is 0 Å². The van der Waals surface area contributed by atoms with E-state index in [2.05, 4.69) is 9.97 Å². The molecule has 2 aromatic rings. The highest BCUT2D eigenvalue weighted by atomic mass is 16.5. The predicted octanol–water partition coefficient (Wildman–Crippen LogP) is 2.95. The summed E-state index contributed by atoms with van der Waals surface area (Å²) in [5.41, 5.74) is 0.950. The van der Waals surface area contributed by atoms with Crippen molar-refractivity contribution in [2.24, 2.45) is 0 Å². The largest absolute Gasteiger partial charge is 0.490 e. The highest BCUT2D eigenvalue weighted by Crippen LogP contribution is 2.28. The Hall–Kier alpha value is -1.64. The van der Waals surface area contributed by atoms with E-state index in [0.29, 0.717) is 6.10 Å². The summed E-state index contributed by atoms with van der Waals surface area (Å²) < 4.78 is 6.01. The number of benzene rings is 1. The molecule has 0 bridgehead atoms. The van der Waals surface area contributed by atoms with Crippen molar-refractivity contribution in [1.82, 2.24) is 9.97 Å². The minimum Gasteiger partial charge on any atom is -0.490 e. The van der Waals surface area contributed by atoms with E-state index in [1.54, 1.807) is 6.33 Å². The number of ether oxygens (including phenoxy) is 1. The lowest BCUT2D eigenvalue weighted by Gasteiger charge is -2.14. The summed E-state index contributed by atoms with van der Waals surface area (Å²) >= 11 is 0. The molecule has 0 N–H and O–H groups in total. The topological polar surface area (TPSA) is 35.0 Å². The monoisotopic (exact) mass is 214 g/mol. The van der Waals surface area contributed by atoms with Crippen LogP contribution in [0.4, 0.5) is 0 Å². The molecule has 1 aromatic heterocycles. The van der Waals surface area contributed by atoms with E-state index < -0.39 is 0 Å². The summed E-state index contributed by atoms with van der Waals surface area (Å²) in [4.78, 5) is 8.28. The van der Waals surface area contributed by atoms with Gasteiger partial charge in [-0.25, -0.2) is 9.97 Å². The number of rotatable bonds is 2. The van der Waals surface area contributed by atoms with Crippen molar-refractivity contribution in [2.45, 2.75) is 31.8 Å². The van der Waals surface area contributed by atoms with Gasteiger partial charge in [0.05, 0.1) is 17.0 Å². The Morgan fingerprint density at radius 3 is 2.94 bits per heavy atom. The minimum absolute atomic E-state index is 0.380. The van der Waals surface area contributed by atoms with Crippen LogP contribution < -0.4 is 4.74 Å². The summed E-state index contributed by atoms with van der Waals surface area (Å²) in [6, 6.07) is 5.97. The van der Waals surface area contributed by atoms with Gasteiger partial charge in [0.1, 0.15) is 12.1 Å². The zero-order valence-corrected chi connectivity index (χ0v) is 9.10. The quantitative estimate of drug-likeness (QED) is 0.771. The summed E-state index contributed by atoms with van der Waals surface area (Å²) in [6.07, 6.45) is 8.69. The number of hydrogen-bond donors (Lipinski definition) is 0. The van der Waals surface area contributed by atoms with Gasteiger partial charge in [-0.2, -0.15) is 0 Å². The molecule has 0 unspecified atom stereocenters. The van der Waals surface area contributed by atoms with Crippen LogP contribution in [0.25, 0.3) is 10.9 Å². The molecule has 3 heteroatoms. The third-order valence-electron chi connectivity index (χ3n) is 3.11. The van der Waals surface area contributed by atoms with Crippen molar-refractivity contribution in [3.05, 3.63) is 30.7 Å². The average Bonchev–Trinajstić information content (AvgIpc) is 2.82. The number of hydrogen-bond acceptors (Lipinski definition) is 3. The second kappa shape index (κ2) is 4.08. The maximum Gasteiger partial charge on any atom is 0.130 e. The van der Waals surface area contributed by atoms with Crippen molar-refractivity contribution in [1.29, 1.82) is 0 Å². The number of fused-ring (bicyclic) bond motifs is 1. The molecule has 16 heavy (non-hydrogen) atoms. The predicted molar refractivity (Wildman–Crippen MR) is 62.4 cm³/mol. The molecule has 0 spiro atoms. The van der Waals surface area contributed by atoms with E-state index in [-0.39, 0.29) is 0 Å². The molecule has 0 amide bonds. The van der Waals surface area contributed by atoms with Crippen molar-refractivity contribution in [3.63, 3.8) is 0 Å². The fourth-order valence-corrected chi connectivity index (χ4v) is 2.27. The van der Waals surface area contributed by atoms with Crippen LogP contribution in [0.5, 0.6) is 5.75 Å². The number of nitrogens with zero attached hydrogens (tertiary/aromatic N) is 2. The molecule has 1 saturated carbocycles. The second-order valence-corrected chi connectivity index (χ2v) is 4.24. The van der Waals surface area contributed by atoms with Gasteiger partial charge in [0.2, 0.25) is 0 Å². The lowest BCUT2D eigenvalue weighted by molar-refractivity contribution is 0.212. The van der Waals surface area contributed by atoms with Crippen LogP contribution in [-0.2, 0) is 0 Å². The molecule has 1 aliphatic rings. The van der Waals surface area contributed by atoms with Gasteiger partial charge >= 0.3 is 0 Å². The fraction of sp³-hybridized carbons (Fsp3) is 0.385. The molecule has 1 aromatic carbocycles. The van der Waals surface area contributed by atoms with Crippen molar-refractivity contribution in [2.75, 3.05) is 0 Å². The summed E-state index contributed by atoms with van der Waals surface area (Å²) in [6.45, 7) is 0. The summed E-state index contributed by atoms with van der Waals surface area (Å²) in [5, 5.41) is 1.01. The molecular formula is C13H14N2O. The van der Waals surface area contributed by atoms with Crippen LogP contribution in [0.15, 0.2) is 30.7 Å². The van der Waals surface area contributed by atoms with E-state index in [4.69, 9.17) is 4.74 Å². The molecule has 0 radical (unpaired) electrons. The molecule has 1 heterocycles. The molecule has 0 saturated heterocycles. The van der Waals surface area contributed by atoms with Gasteiger partial charge in [-0.05, 0) is 37.8 Å². The third-order valence-corrected chi connectivity index (χ3v) is 3.11. The molecule has 0 atom stereocenters. The van der Waals surface area contributed by atoms with Crippen LogP contribution in [0.1, 0.15) is 25.7 Å². The van der Waals surface area contributed by atoms with E-state index in [0.717, 1.165) is 16.7 Å². The highest BCUT2D eigenvalue weighted by Gasteiger charge is 2.17. The maximum atomic E-state index is 6.01. The van der Waals surface area contributed by atoms with E-state index in [1.165, 1.54) is 25.7 Å². The smallest absolute Gasteiger partial charge is 0.130 e. The van der Waals surface area contributed by atoms with Crippen LogP contribution in [0.2, 0.25) is 0 Å². The highest BCUT2D eigenvalue weighted by molar-refractivity contribution is 5.83. The average molecular weight is 214 g/mol. The SMILES string of the molecule is c1cc(OC2CCCC2)c2cncnc2c1. The summed E-state index contributed by atoms with van der Waals surface area (Å²) in [5.74, 6) is 0.921. The molecule has 3 rings (SSSR count). The lowest BCUT2D eigenvalue weighted by Crippen LogP contribution is -2.11. The van der Waals surface area contributed by atoms with Crippen LogP contribution in [0, 0.1) is 0 Å². The van der Waals surface area contributed by atoms with Crippen molar-refractivity contribution in [3.8, 4) is 5.75 Å². The van der Waals surface area contributed by atoms with Crippen LogP contribution in [-0.4, -0.2) is 16.1 Å². The Kier molecular flexibility index (Phi) is 2.44. The summed E-state index contributed by atoms with van der Waals surface area (Å²) in [7, 11) is 0.